The Bertz CT molecular complexity index is 1140. The molecule has 0 bridgehead atoms. The minimum absolute atomic E-state index is 0.0521. The molecule has 196 valence electrons. The first kappa shape index (κ1) is 27.3. The van der Waals surface area contributed by atoms with Gasteiger partial charge in [-0.05, 0) is 43.9 Å². The Morgan fingerprint density at radius 2 is 1.75 bits per heavy atom. The zero-order chi connectivity index (χ0) is 26.1. The molecule has 0 radical (unpaired) electrons. The van der Waals surface area contributed by atoms with Crippen LogP contribution in [0.3, 0.4) is 0 Å². The third kappa shape index (κ3) is 6.69. The summed E-state index contributed by atoms with van der Waals surface area (Å²) in [5.74, 6) is 0.0601. The van der Waals surface area contributed by atoms with Crippen LogP contribution in [0.4, 0.5) is 5.69 Å². The molecule has 1 N–H and O–H groups in total. The molecule has 0 unspecified atom stereocenters. The number of carbonyl (C=O) groups is 2. The fourth-order valence-corrected chi connectivity index (χ4v) is 5.08. The zero-order valence-electron chi connectivity index (χ0n) is 21.1. The molecule has 1 aliphatic rings. The van der Waals surface area contributed by atoms with Gasteiger partial charge in [-0.25, -0.2) is 8.42 Å². The van der Waals surface area contributed by atoms with Crippen LogP contribution in [0, 0.1) is 0 Å². The minimum atomic E-state index is -3.80. The predicted octanol–water partition coefficient (Wildman–Crippen LogP) is 2.95. The number of ether oxygens (including phenoxy) is 2. The number of rotatable bonds is 13. The van der Waals surface area contributed by atoms with E-state index in [-0.39, 0.29) is 25.0 Å². The summed E-state index contributed by atoms with van der Waals surface area (Å²) in [7, 11) is -3.80. The van der Waals surface area contributed by atoms with Crippen molar-refractivity contribution in [3.05, 3.63) is 54.1 Å². The fraction of sp³-hybridized carbons (Fsp3) is 0.462. The maximum atomic E-state index is 13.7. The summed E-state index contributed by atoms with van der Waals surface area (Å²) in [6, 6.07) is 13.7. The molecule has 0 saturated heterocycles. The summed E-state index contributed by atoms with van der Waals surface area (Å²) < 4.78 is 37.9. The second-order valence-electron chi connectivity index (χ2n) is 8.48. The SMILES string of the molecule is CCCNC(=O)[C@@H](CC)N(CCc1ccccc1)C(=O)CN(c1ccc2c(c1)OCO2)S(=O)(=O)CC. The second kappa shape index (κ2) is 12.6. The molecule has 10 heteroatoms. The number of sulfonamides is 1. The summed E-state index contributed by atoms with van der Waals surface area (Å²) >= 11 is 0. The standard InChI is InChI=1S/C26H35N3O6S/c1-4-15-27-26(31)22(5-2)28(16-14-20-10-8-7-9-11-20)25(30)18-29(36(32,33)6-3)21-12-13-23-24(17-21)35-19-34-23/h7-13,17,22H,4-6,14-16,18-19H2,1-3H3,(H,27,31)/t22-/m1/s1. The van der Waals surface area contributed by atoms with Crippen molar-refractivity contribution in [1.29, 1.82) is 0 Å². The number of nitrogens with zero attached hydrogens (tertiary/aromatic N) is 2. The molecule has 0 aromatic heterocycles. The first-order valence-electron chi connectivity index (χ1n) is 12.3. The number of nitrogens with one attached hydrogen (secondary N) is 1. The molecule has 9 nitrogen and oxygen atoms in total. The van der Waals surface area contributed by atoms with Crippen molar-refractivity contribution in [2.75, 3.05) is 36.5 Å². The van der Waals surface area contributed by atoms with E-state index in [2.05, 4.69) is 5.32 Å². The number of amides is 2. The molecular formula is C26H35N3O6S. The van der Waals surface area contributed by atoms with E-state index in [1.807, 2.05) is 44.2 Å². The van der Waals surface area contributed by atoms with Crippen LogP contribution in [0.5, 0.6) is 11.5 Å². The average Bonchev–Trinajstić information content (AvgIpc) is 3.36. The van der Waals surface area contributed by atoms with Gasteiger partial charge in [-0.1, -0.05) is 44.2 Å². The normalized spacial score (nSPS) is 13.2. The highest BCUT2D eigenvalue weighted by atomic mass is 32.2. The van der Waals surface area contributed by atoms with Gasteiger partial charge in [0.2, 0.25) is 28.6 Å². The number of carbonyl (C=O) groups excluding carboxylic acids is 2. The van der Waals surface area contributed by atoms with Crippen molar-refractivity contribution >= 4 is 27.5 Å². The van der Waals surface area contributed by atoms with Gasteiger partial charge in [0.1, 0.15) is 12.6 Å². The summed E-state index contributed by atoms with van der Waals surface area (Å²) in [6.07, 6.45) is 1.71. The van der Waals surface area contributed by atoms with Crippen molar-refractivity contribution in [1.82, 2.24) is 10.2 Å². The lowest BCUT2D eigenvalue weighted by atomic mass is 10.1. The average molecular weight is 518 g/mol. The smallest absolute Gasteiger partial charge is 0.244 e. The predicted molar refractivity (Wildman–Crippen MR) is 139 cm³/mol. The molecular weight excluding hydrogens is 482 g/mol. The molecule has 1 atom stereocenters. The highest BCUT2D eigenvalue weighted by Crippen LogP contribution is 2.36. The largest absolute Gasteiger partial charge is 0.454 e. The van der Waals surface area contributed by atoms with Crippen LogP contribution in [0.15, 0.2) is 48.5 Å². The Morgan fingerprint density at radius 3 is 2.42 bits per heavy atom. The van der Waals surface area contributed by atoms with Crippen LogP contribution in [-0.2, 0) is 26.0 Å². The molecule has 0 saturated carbocycles. The van der Waals surface area contributed by atoms with Gasteiger partial charge in [-0.3, -0.25) is 13.9 Å². The number of anilines is 1. The van der Waals surface area contributed by atoms with Crippen molar-refractivity contribution in [3.8, 4) is 11.5 Å². The van der Waals surface area contributed by atoms with E-state index >= 15 is 0 Å². The molecule has 1 heterocycles. The van der Waals surface area contributed by atoms with Crippen molar-refractivity contribution in [2.24, 2.45) is 0 Å². The van der Waals surface area contributed by atoms with Crippen molar-refractivity contribution < 1.29 is 27.5 Å². The second-order valence-corrected chi connectivity index (χ2v) is 10.7. The van der Waals surface area contributed by atoms with Gasteiger partial charge in [0.25, 0.3) is 0 Å². The third-order valence-electron chi connectivity index (χ3n) is 6.04. The maximum absolute atomic E-state index is 13.7. The number of hydrogen-bond acceptors (Lipinski definition) is 6. The van der Waals surface area contributed by atoms with Crippen LogP contribution in [0.1, 0.15) is 39.2 Å². The van der Waals surface area contributed by atoms with Gasteiger partial charge in [-0.15, -0.1) is 0 Å². The van der Waals surface area contributed by atoms with Crippen LogP contribution >= 0.6 is 0 Å². The van der Waals surface area contributed by atoms with E-state index in [0.717, 1.165) is 16.3 Å². The third-order valence-corrected chi connectivity index (χ3v) is 7.78. The summed E-state index contributed by atoms with van der Waals surface area (Å²) in [4.78, 5) is 28.2. The molecule has 1 aliphatic heterocycles. The zero-order valence-corrected chi connectivity index (χ0v) is 21.9. The van der Waals surface area contributed by atoms with Crippen LogP contribution < -0.4 is 19.1 Å². The molecule has 0 aliphatic carbocycles. The van der Waals surface area contributed by atoms with Gasteiger partial charge < -0.3 is 19.7 Å². The van der Waals surface area contributed by atoms with Crippen molar-refractivity contribution in [3.63, 3.8) is 0 Å². The highest BCUT2D eigenvalue weighted by Gasteiger charge is 2.32. The maximum Gasteiger partial charge on any atom is 0.244 e. The van der Waals surface area contributed by atoms with Gasteiger partial charge in [0.15, 0.2) is 11.5 Å². The van der Waals surface area contributed by atoms with Crippen LogP contribution in [-0.4, -0.2) is 63.4 Å². The molecule has 2 aromatic carbocycles. The van der Waals surface area contributed by atoms with Gasteiger partial charge in [-0.2, -0.15) is 0 Å². The molecule has 0 spiro atoms. The monoisotopic (exact) mass is 517 g/mol. The summed E-state index contributed by atoms with van der Waals surface area (Å²) in [6.45, 7) is 5.74. The Labute approximate surface area is 213 Å². The topological polar surface area (TPSA) is 105 Å². The van der Waals surface area contributed by atoms with Gasteiger partial charge in [0, 0.05) is 19.2 Å². The van der Waals surface area contributed by atoms with E-state index in [0.29, 0.717) is 36.6 Å². The highest BCUT2D eigenvalue weighted by molar-refractivity contribution is 7.92. The number of benzene rings is 2. The minimum Gasteiger partial charge on any atom is -0.454 e. The summed E-state index contributed by atoms with van der Waals surface area (Å²) in [5, 5.41) is 2.88. The lowest BCUT2D eigenvalue weighted by molar-refractivity contribution is -0.139. The van der Waals surface area contributed by atoms with E-state index in [1.54, 1.807) is 18.2 Å². The Kier molecular flexibility index (Phi) is 9.58. The molecule has 0 fully saturated rings. The van der Waals surface area contributed by atoms with Crippen LogP contribution in [0.25, 0.3) is 0 Å². The molecule has 3 rings (SSSR count). The quantitative estimate of drug-likeness (QED) is 0.438. The Hall–Kier alpha value is -3.27. The molecule has 36 heavy (non-hydrogen) atoms. The lowest BCUT2D eigenvalue weighted by Crippen LogP contribution is -2.53. The van der Waals surface area contributed by atoms with E-state index in [4.69, 9.17) is 9.47 Å². The Morgan fingerprint density at radius 1 is 1.03 bits per heavy atom. The van der Waals surface area contributed by atoms with Crippen molar-refractivity contribution in [2.45, 2.75) is 46.1 Å². The first-order valence-corrected chi connectivity index (χ1v) is 13.9. The number of fused-ring (bicyclic) bond motifs is 1. The Balaban J connectivity index is 1.90. The van der Waals surface area contributed by atoms with Gasteiger partial charge >= 0.3 is 0 Å². The van der Waals surface area contributed by atoms with E-state index in [1.165, 1.54) is 11.8 Å². The molecule has 2 aromatic rings. The van der Waals surface area contributed by atoms with Crippen LogP contribution in [0.2, 0.25) is 0 Å². The first-order chi connectivity index (χ1) is 17.3. The van der Waals surface area contributed by atoms with E-state index in [9.17, 15) is 18.0 Å². The van der Waals surface area contributed by atoms with Gasteiger partial charge in [0.05, 0.1) is 11.4 Å². The van der Waals surface area contributed by atoms with E-state index < -0.39 is 28.5 Å². The number of hydrogen-bond donors (Lipinski definition) is 1. The summed E-state index contributed by atoms with van der Waals surface area (Å²) in [5.41, 5.74) is 1.33. The molecule has 2 amide bonds. The lowest BCUT2D eigenvalue weighted by Gasteiger charge is -2.33. The fourth-order valence-electron chi connectivity index (χ4n) is 4.02.